The first kappa shape index (κ1) is 14.4. The Labute approximate surface area is 122 Å². The molecular weight excluding hydrogens is 252 g/mol. The van der Waals surface area contributed by atoms with E-state index in [1.807, 2.05) is 20.8 Å². The quantitative estimate of drug-likeness (QED) is 0.807. The average molecular weight is 280 g/mol. The molecule has 4 fully saturated rings. The fourth-order valence-corrected chi connectivity index (χ4v) is 4.79. The summed E-state index contributed by atoms with van der Waals surface area (Å²) in [5, 5.41) is 10.6. The molecule has 3 nitrogen and oxygen atoms in total. The summed E-state index contributed by atoms with van der Waals surface area (Å²) in [7, 11) is 0. The lowest BCUT2D eigenvalue weighted by atomic mass is 9.48. The fraction of sp³-hybridized carbons (Fsp3) is 0.941. The Hall–Kier alpha value is -0.570. The summed E-state index contributed by atoms with van der Waals surface area (Å²) in [5.74, 6) is 1.26. The Morgan fingerprint density at radius 2 is 1.80 bits per heavy atom. The summed E-state index contributed by atoms with van der Waals surface area (Å²) in [6, 6.07) is 0. The van der Waals surface area contributed by atoms with E-state index in [-0.39, 0.29) is 11.6 Å². The maximum absolute atomic E-state index is 12.5. The molecule has 0 radical (unpaired) electrons. The van der Waals surface area contributed by atoms with Gasteiger partial charge in [-0.2, -0.15) is 0 Å². The molecule has 0 aliphatic heterocycles. The van der Waals surface area contributed by atoms with E-state index in [9.17, 15) is 9.90 Å². The van der Waals surface area contributed by atoms with E-state index in [0.717, 1.165) is 38.5 Å². The van der Waals surface area contributed by atoms with E-state index in [2.05, 4.69) is 6.92 Å². The zero-order valence-electron chi connectivity index (χ0n) is 13.2. The number of aliphatic hydroxyl groups is 1. The SMILES string of the molecule is CCC(C)(C)C(=O)OC1(C)C2CC3CC1CC(O)(C3)C2. The number of hydrogen-bond donors (Lipinski definition) is 1. The predicted molar refractivity (Wildman–Crippen MR) is 77.1 cm³/mol. The van der Waals surface area contributed by atoms with E-state index in [1.165, 1.54) is 0 Å². The molecule has 0 aromatic rings. The van der Waals surface area contributed by atoms with Gasteiger partial charge in [-0.1, -0.05) is 6.92 Å². The van der Waals surface area contributed by atoms with Gasteiger partial charge < -0.3 is 9.84 Å². The highest BCUT2D eigenvalue weighted by Crippen LogP contribution is 2.61. The highest BCUT2D eigenvalue weighted by molar-refractivity contribution is 5.76. The van der Waals surface area contributed by atoms with Crippen molar-refractivity contribution in [3.05, 3.63) is 0 Å². The molecule has 4 bridgehead atoms. The van der Waals surface area contributed by atoms with Gasteiger partial charge in [-0.25, -0.2) is 0 Å². The molecule has 3 heteroatoms. The van der Waals surface area contributed by atoms with Crippen molar-refractivity contribution in [2.45, 2.75) is 77.4 Å². The lowest BCUT2D eigenvalue weighted by Gasteiger charge is -2.62. The van der Waals surface area contributed by atoms with Gasteiger partial charge in [0.1, 0.15) is 5.60 Å². The van der Waals surface area contributed by atoms with Crippen molar-refractivity contribution in [2.24, 2.45) is 23.2 Å². The average Bonchev–Trinajstić information content (AvgIpc) is 2.34. The third kappa shape index (κ3) is 2.01. The number of hydrogen-bond acceptors (Lipinski definition) is 3. The van der Waals surface area contributed by atoms with Crippen LogP contribution in [-0.2, 0) is 9.53 Å². The van der Waals surface area contributed by atoms with Gasteiger partial charge in [-0.3, -0.25) is 4.79 Å². The van der Waals surface area contributed by atoms with Crippen LogP contribution in [0.4, 0.5) is 0 Å². The van der Waals surface area contributed by atoms with Crippen molar-refractivity contribution in [2.75, 3.05) is 0 Å². The molecule has 0 aromatic carbocycles. The second kappa shape index (κ2) is 4.22. The molecule has 4 rings (SSSR count). The number of rotatable bonds is 3. The number of esters is 1. The van der Waals surface area contributed by atoms with Crippen LogP contribution in [0.3, 0.4) is 0 Å². The Morgan fingerprint density at radius 3 is 2.25 bits per heavy atom. The minimum atomic E-state index is -0.470. The normalized spacial score (nSPS) is 46.5. The Balaban J connectivity index is 1.81. The third-order valence-electron chi connectivity index (χ3n) is 6.53. The van der Waals surface area contributed by atoms with Crippen molar-refractivity contribution in [3.63, 3.8) is 0 Å². The minimum Gasteiger partial charge on any atom is -0.458 e. The molecule has 4 saturated carbocycles. The minimum absolute atomic E-state index is 0.0676. The molecule has 0 amide bonds. The van der Waals surface area contributed by atoms with E-state index < -0.39 is 11.0 Å². The van der Waals surface area contributed by atoms with Gasteiger partial charge in [-0.05, 0) is 65.2 Å². The molecule has 114 valence electrons. The van der Waals surface area contributed by atoms with Crippen molar-refractivity contribution in [3.8, 4) is 0 Å². The van der Waals surface area contributed by atoms with Gasteiger partial charge in [0.05, 0.1) is 11.0 Å². The zero-order chi connectivity index (χ0) is 14.8. The molecule has 4 aliphatic rings. The number of carbonyl (C=O) groups is 1. The predicted octanol–water partition coefficient (Wildman–Crippen LogP) is 3.30. The Morgan fingerprint density at radius 1 is 1.25 bits per heavy atom. The molecular formula is C17H28O3. The van der Waals surface area contributed by atoms with Gasteiger partial charge in [0, 0.05) is 11.8 Å². The first-order chi connectivity index (χ1) is 9.18. The summed E-state index contributed by atoms with van der Waals surface area (Å²) < 4.78 is 6.07. The fourth-order valence-electron chi connectivity index (χ4n) is 4.79. The molecule has 2 atom stereocenters. The monoisotopic (exact) mass is 280 g/mol. The molecule has 0 saturated heterocycles. The van der Waals surface area contributed by atoms with Gasteiger partial charge >= 0.3 is 5.97 Å². The van der Waals surface area contributed by atoms with Gasteiger partial charge in [0.2, 0.25) is 0 Å². The molecule has 0 spiro atoms. The second-order valence-electron chi connectivity index (χ2n) is 8.38. The van der Waals surface area contributed by atoms with Crippen LogP contribution in [0.1, 0.15) is 66.2 Å². The van der Waals surface area contributed by atoms with E-state index in [0.29, 0.717) is 17.8 Å². The van der Waals surface area contributed by atoms with Gasteiger partial charge in [0.15, 0.2) is 0 Å². The molecule has 20 heavy (non-hydrogen) atoms. The van der Waals surface area contributed by atoms with Crippen LogP contribution in [-0.4, -0.2) is 22.3 Å². The summed E-state index contributed by atoms with van der Waals surface area (Å²) >= 11 is 0. The summed E-state index contributed by atoms with van der Waals surface area (Å²) in [6.45, 7) is 8.07. The van der Waals surface area contributed by atoms with Crippen molar-refractivity contribution in [1.29, 1.82) is 0 Å². The molecule has 2 unspecified atom stereocenters. The van der Waals surface area contributed by atoms with Crippen molar-refractivity contribution >= 4 is 5.97 Å². The Bertz CT molecular complexity index is 410. The van der Waals surface area contributed by atoms with Gasteiger partial charge in [0.25, 0.3) is 0 Å². The van der Waals surface area contributed by atoms with Crippen LogP contribution < -0.4 is 0 Å². The highest BCUT2D eigenvalue weighted by Gasteiger charge is 2.62. The molecule has 1 N–H and O–H groups in total. The maximum Gasteiger partial charge on any atom is 0.312 e. The summed E-state index contributed by atoms with van der Waals surface area (Å²) in [5.41, 5.74) is -1.23. The third-order valence-corrected chi connectivity index (χ3v) is 6.53. The molecule has 4 aliphatic carbocycles. The number of carbonyl (C=O) groups excluding carboxylic acids is 1. The van der Waals surface area contributed by atoms with Crippen LogP contribution in [0, 0.1) is 23.2 Å². The topological polar surface area (TPSA) is 46.5 Å². The van der Waals surface area contributed by atoms with Crippen LogP contribution in [0.25, 0.3) is 0 Å². The summed E-state index contributed by atoms with van der Waals surface area (Å²) in [6.07, 6.45) is 5.63. The second-order valence-corrected chi connectivity index (χ2v) is 8.38. The van der Waals surface area contributed by atoms with E-state index in [4.69, 9.17) is 4.74 Å². The van der Waals surface area contributed by atoms with Crippen LogP contribution >= 0.6 is 0 Å². The first-order valence-corrected chi connectivity index (χ1v) is 8.14. The maximum atomic E-state index is 12.5. The lowest BCUT2D eigenvalue weighted by Crippen LogP contribution is -2.64. The van der Waals surface area contributed by atoms with E-state index in [1.54, 1.807) is 0 Å². The molecule has 0 heterocycles. The smallest absolute Gasteiger partial charge is 0.312 e. The van der Waals surface area contributed by atoms with E-state index >= 15 is 0 Å². The van der Waals surface area contributed by atoms with Gasteiger partial charge in [-0.15, -0.1) is 0 Å². The standard InChI is InChI=1S/C17H28O3/c1-5-15(2,3)14(18)20-16(4)12-6-11-7-13(16)10-17(19,8-11)9-12/h11-13,19H,5-10H2,1-4H3. The first-order valence-electron chi connectivity index (χ1n) is 8.14. The lowest BCUT2D eigenvalue weighted by molar-refractivity contribution is -0.240. The summed E-state index contributed by atoms with van der Waals surface area (Å²) in [4.78, 5) is 12.5. The van der Waals surface area contributed by atoms with Crippen molar-refractivity contribution in [1.82, 2.24) is 0 Å². The van der Waals surface area contributed by atoms with Crippen LogP contribution in [0.2, 0.25) is 0 Å². The Kier molecular flexibility index (Phi) is 3.03. The van der Waals surface area contributed by atoms with Crippen LogP contribution in [0.15, 0.2) is 0 Å². The number of ether oxygens (including phenoxy) is 1. The van der Waals surface area contributed by atoms with Crippen molar-refractivity contribution < 1.29 is 14.6 Å². The zero-order valence-corrected chi connectivity index (χ0v) is 13.2. The largest absolute Gasteiger partial charge is 0.458 e. The van der Waals surface area contributed by atoms with Crippen LogP contribution in [0.5, 0.6) is 0 Å². The highest BCUT2D eigenvalue weighted by atomic mass is 16.6. The molecule has 0 aromatic heterocycles.